The number of halogens is 4. The molecule has 0 aliphatic carbocycles. The number of hydrogen-bond acceptors (Lipinski definition) is 2. The van der Waals surface area contributed by atoms with Crippen molar-refractivity contribution in [2.24, 2.45) is 5.92 Å². The monoisotopic (exact) mass is 188 g/mol. The lowest BCUT2D eigenvalue weighted by molar-refractivity contribution is -0.188. The molecule has 0 saturated heterocycles. The molecule has 0 aromatic rings. The minimum absolute atomic E-state index is 0.452. The summed E-state index contributed by atoms with van der Waals surface area (Å²) in [6.45, 7) is 0.922. The maximum Gasteiger partial charge on any atom is 0.391 e. The van der Waals surface area contributed by atoms with Crippen LogP contribution in [0.1, 0.15) is 19.8 Å². The Morgan fingerprint density at radius 1 is 1.50 bits per heavy atom. The molecule has 0 aliphatic heterocycles. The summed E-state index contributed by atoms with van der Waals surface area (Å²) in [5.74, 6) is -2.89. The summed E-state index contributed by atoms with van der Waals surface area (Å²) in [4.78, 5) is 12.8. The first-order valence-corrected chi connectivity index (χ1v) is 3.26. The fraction of sp³-hybridized carbons (Fsp3) is 0.833. The Morgan fingerprint density at radius 3 is 2.33 bits per heavy atom. The van der Waals surface area contributed by atoms with Gasteiger partial charge in [0, 0.05) is 10.9 Å². The normalized spacial score (nSPS) is 14.1. The molecule has 6 heteroatoms. The van der Waals surface area contributed by atoms with Crippen LogP contribution in [0.4, 0.5) is 17.7 Å². The molecular weight excluding hydrogens is 180 g/mol. The highest BCUT2D eigenvalue weighted by Gasteiger charge is 2.35. The van der Waals surface area contributed by atoms with Crippen molar-refractivity contribution in [1.29, 1.82) is 0 Å². The van der Waals surface area contributed by atoms with Crippen LogP contribution in [0.5, 0.6) is 0 Å². The molecule has 1 atom stereocenters. The standard InChI is InChI=1S/C6H8F4O2/c1-4(6(7,8)9)2-3-5(11)12-10/h4H,2-3H2,1H3. The Kier molecular flexibility index (Phi) is 3.99. The highest BCUT2D eigenvalue weighted by molar-refractivity contribution is 5.68. The van der Waals surface area contributed by atoms with E-state index in [2.05, 4.69) is 4.94 Å². The van der Waals surface area contributed by atoms with Crippen LogP contribution in [0.3, 0.4) is 0 Å². The lowest BCUT2D eigenvalue weighted by atomic mass is 10.1. The largest absolute Gasteiger partial charge is 0.391 e. The predicted molar refractivity (Wildman–Crippen MR) is 31.7 cm³/mol. The third-order valence-electron chi connectivity index (χ3n) is 1.43. The average molecular weight is 188 g/mol. The van der Waals surface area contributed by atoms with Gasteiger partial charge in [-0.25, -0.2) is 4.79 Å². The molecule has 2 nitrogen and oxygen atoms in total. The minimum atomic E-state index is -4.34. The molecular formula is C6H8F4O2. The maximum atomic E-state index is 11.8. The highest BCUT2D eigenvalue weighted by atomic mass is 19.4. The van der Waals surface area contributed by atoms with E-state index in [0.717, 1.165) is 6.92 Å². The summed E-state index contributed by atoms with van der Waals surface area (Å²) < 4.78 is 46.3. The van der Waals surface area contributed by atoms with E-state index in [9.17, 15) is 22.5 Å². The summed E-state index contributed by atoms with van der Waals surface area (Å²) in [5.41, 5.74) is 0. The molecule has 0 aliphatic rings. The van der Waals surface area contributed by atoms with Crippen molar-refractivity contribution in [2.75, 3.05) is 0 Å². The molecule has 0 radical (unpaired) electrons. The van der Waals surface area contributed by atoms with Crippen LogP contribution in [0.15, 0.2) is 0 Å². The molecule has 0 aromatic heterocycles. The van der Waals surface area contributed by atoms with E-state index in [-0.39, 0.29) is 0 Å². The summed E-state index contributed by atoms with van der Waals surface area (Å²) >= 11 is 0. The summed E-state index contributed by atoms with van der Waals surface area (Å²) in [6.07, 6.45) is -5.35. The third kappa shape index (κ3) is 4.15. The zero-order chi connectivity index (χ0) is 9.78. The molecule has 0 rings (SSSR count). The van der Waals surface area contributed by atoms with Crippen LogP contribution >= 0.6 is 0 Å². The van der Waals surface area contributed by atoms with Crippen molar-refractivity contribution in [3.63, 3.8) is 0 Å². The maximum absolute atomic E-state index is 11.8. The number of alkyl halides is 3. The Labute approximate surface area is 66.4 Å². The Morgan fingerprint density at radius 2 is 2.00 bits per heavy atom. The van der Waals surface area contributed by atoms with E-state index in [1.807, 2.05) is 0 Å². The molecule has 0 saturated carbocycles. The lowest BCUT2D eigenvalue weighted by Gasteiger charge is -2.13. The minimum Gasteiger partial charge on any atom is -0.255 e. The first kappa shape index (κ1) is 11.2. The molecule has 0 amide bonds. The van der Waals surface area contributed by atoms with Gasteiger partial charge in [-0.1, -0.05) is 6.92 Å². The first-order valence-electron chi connectivity index (χ1n) is 3.26. The van der Waals surface area contributed by atoms with Gasteiger partial charge in [-0.05, 0) is 6.42 Å². The molecule has 0 N–H and O–H groups in total. The van der Waals surface area contributed by atoms with Crippen molar-refractivity contribution < 1.29 is 27.4 Å². The van der Waals surface area contributed by atoms with E-state index < -0.39 is 30.9 Å². The Bertz CT molecular complexity index is 154. The van der Waals surface area contributed by atoms with E-state index >= 15 is 0 Å². The topological polar surface area (TPSA) is 26.3 Å². The summed E-state index contributed by atoms with van der Waals surface area (Å²) in [7, 11) is 0. The third-order valence-corrected chi connectivity index (χ3v) is 1.43. The second-order valence-corrected chi connectivity index (χ2v) is 2.43. The zero-order valence-electron chi connectivity index (χ0n) is 6.32. The molecule has 0 spiro atoms. The van der Waals surface area contributed by atoms with Crippen molar-refractivity contribution in [1.82, 2.24) is 0 Å². The van der Waals surface area contributed by atoms with E-state index in [0.29, 0.717) is 0 Å². The van der Waals surface area contributed by atoms with Crippen molar-refractivity contribution in [3.8, 4) is 0 Å². The van der Waals surface area contributed by atoms with Crippen molar-refractivity contribution in [2.45, 2.75) is 25.9 Å². The molecule has 1 unspecified atom stereocenters. The first-order chi connectivity index (χ1) is 5.38. The van der Waals surface area contributed by atoms with Gasteiger partial charge in [-0.3, -0.25) is 4.94 Å². The second-order valence-electron chi connectivity index (χ2n) is 2.43. The smallest absolute Gasteiger partial charge is 0.255 e. The molecule has 0 fully saturated rings. The van der Waals surface area contributed by atoms with E-state index in [4.69, 9.17) is 0 Å². The number of carbonyl (C=O) groups is 1. The fourth-order valence-electron chi connectivity index (χ4n) is 0.537. The van der Waals surface area contributed by atoms with Gasteiger partial charge in [-0.15, -0.1) is 0 Å². The lowest BCUT2D eigenvalue weighted by Crippen LogP contribution is -2.20. The van der Waals surface area contributed by atoms with Gasteiger partial charge in [-0.2, -0.15) is 13.2 Å². The number of carbonyl (C=O) groups excluding carboxylic acids is 1. The van der Waals surface area contributed by atoms with E-state index in [1.54, 1.807) is 0 Å². The Balaban J connectivity index is 3.72. The van der Waals surface area contributed by atoms with Crippen LogP contribution in [-0.2, 0) is 9.74 Å². The Hall–Kier alpha value is -0.810. The van der Waals surface area contributed by atoms with Gasteiger partial charge >= 0.3 is 12.1 Å². The number of hydrogen-bond donors (Lipinski definition) is 0. The van der Waals surface area contributed by atoms with Crippen LogP contribution in [0.2, 0.25) is 0 Å². The van der Waals surface area contributed by atoms with E-state index in [1.165, 1.54) is 0 Å². The summed E-state index contributed by atoms with van der Waals surface area (Å²) in [5, 5.41) is 0. The SMILES string of the molecule is CC(CCC(=O)OF)C(F)(F)F. The van der Waals surface area contributed by atoms with Crippen LogP contribution in [0, 0.1) is 5.92 Å². The van der Waals surface area contributed by atoms with Gasteiger partial charge in [0.05, 0.1) is 5.92 Å². The van der Waals surface area contributed by atoms with Gasteiger partial charge in [0.25, 0.3) is 0 Å². The molecule has 12 heavy (non-hydrogen) atoms. The molecule has 72 valence electrons. The van der Waals surface area contributed by atoms with Gasteiger partial charge < -0.3 is 0 Å². The summed E-state index contributed by atoms with van der Waals surface area (Å²) in [6, 6.07) is 0. The van der Waals surface area contributed by atoms with Gasteiger partial charge in [0.15, 0.2) is 0 Å². The zero-order valence-corrected chi connectivity index (χ0v) is 6.32. The molecule has 0 bridgehead atoms. The predicted octanol–water partition coefficient (Wildman–Crippen LogP) is 2.39. The van der Waals surface area contributed by atoms with Gasteiger partial charge in [0.1, 0.15) is 0 Å². The van der Waals surface area contributed by atoms with Crippen LogP contribution in [-0.4, -0.2) is 12.1 Å². The van der Waals surface area contributed by atoms with Crippen LogP contribution in [0.25, 0.3) is 0 Å². The quantitative estimate of drug-likeness (QED) is 0.635. The molecule has 0 aromatic carbocycles. The van der Waals surface area contributed by atoms with Crippen molar-refractivity contribution >= 4 is 5.97 Å². The van der Waals surface area contributed by atoms with Crippen molar-refractivity contribution in [3.05, 3.63) is 0 Å². The number of rotatable bonds is 3. The fourth-order valence-corrected chi connectivity index (χ4v) is 0.537. The molecule has 0 heterocycles. The second kappa shape index (κ2) is 4.27. The van der Waals surface area contributed by atoms with Gasteiger partial charge in [0.2, 0.25) is 0 Å². The average Bonchev–Trinajstić information content (AvgIpc) is 1.97. The highest BCUT2D eigenvalue weighted by Crippen LogP contribution is 2.29. The van der Waals surface area contributed by atoms with Crippen LogP contribution < -0.4 is 0 Å².